The van der Waals surface area contributed by atoms with Crippen molar-refractivity contribution in [3.05, 3.63) is 53.2 Å². The van der Waals surface area contributed by atoms with Crippen LogP contribution in [0.5, 0.6) is 0 Å². The Morgan fingerprint density at radius 3 is 2.50 bits per heavy atom. The van der Waals surface area contributed by atoms with Crippen molar-refractivity contribution < 1.29 is 0 Å². The lowest BCUT2D eigenvalue weighted by atomic mass is 10.1. The molecule has 0 N–H and O–H groups in total. The van der Waals surface area contributed by atoms with Crippen molar-refractivity contribution in [3.63, 3.8) is 0 Å². The van der Waals surface area contributed by atoms with Gasteiger partial charge in [0.2, 0.25) is 0 Å². The standard InChI is InChI=1S/C14H16ClN3/c1-11-5-3-4-6-12(11)10-18(2)14-8-7-13(9-15)16-17-14/h3-8H,9-10H2,1-2H3. The van der Waals surface area contributed by atoms with Crippen molar-refractivity contribution >= 4 is 17.4 Å². The van der Waals surface area contributed by atoms with Crippen LogP contribution in [0.1, 0.15) is 16.8 Å². The van der Waals surface area contributed by atoms with Gasteiger partial charge in [-0.2, -0.15) is 5.10 Å². The first kappa shape index (κ1) is 12.8. The fourth-order valence-electron chi connectivity index (χ4n) is 1.75. The third-order valence-electron chi connectivity index (χ3n) is 2.90. The summed E-state index contributed by atoms with van der Waals surface area (Å²) in [6.45, 7) is 2.94. The molecule has 0 unspecified atom stereocenters. The second-order valence-corrected chi connectivity index (χ2v) is 4.57. The maximum absolute atomic E-state index is 5.69. The number of alkyl halides is 1. The van der Waals surface area contributed by atoms with E-state index in [-0.39, 0.29) is 0 Å². The number of benzene rings is 1. The first-order chi connectivity index (χ1) is 8.70. The van der Waals surface area contributed by atoms with E-state index in [1.165, 1.54) is 11.1 Å². The summed E-state index contributed by atoms with van der Waals surface area (Å²) in [5.41, 5.74) is 3.38. The fourth-order valence-corrected chi connectivity index (χ4v) is 1.89. The Labute approximate surface area is 112 Å². The van der Waals surface area contributed by atoms with Gasteiger partial charge in [-0.15, -0.1) is 16.7 Å². The van der Waals surface area contributed by atoms with Crippen LogP contribution in [-0.4, -0.2) is 17.2 Å². The average molecular weight is 262 g/mol. The largest absolute Gasteiger partial charge is 0.354 e. The molecule has 2 aromatic rings. The van der Waals surface area contributed by atoms with Gasteiger partial charge in [0.1, 0.15) is 0 Å². The highest BCUT2D eigenvalue weighted by molar-refractivity contribution is 6.16. The van der Waals surface area contributed by atoms with Crippen LogP contribution in [0.15, 0.2) is 36.4 Å². The van der Waals surface area contributed by atoms with E-state index in [4.69, 9.17) is 11.6 Å². The van der Waals surface area contributed by atoms with Crippen molar-refractivity contribution in [1.29, 1.82) is 0 Å². The lowest BCUT2D eigenvalue weighted by molar-refractivity contribution is 0.850. The highest BCUT2D eigenvalue weighted by Crippen LogP contribution is 2.14. The number of rotatable bonds is 4. The number of aryl methyl sites for hydroxylation is 1. The molecule has 0 aliphatic heterocycles. The summed E-state index contributed by atoms with van der Waals surface area (Å²) >= 11 is 5.69. The Balaban J connectivity index is 2.11. The van der Waals surface area contributed by atoms with Crippen LogP contribution in [0.2, 0.25) is 0 Å². The van der Waals surface area contributed by atoms with Gasteiger partial charge < -0.3 is 4.90 Å². The molecular formula is C14H16ClN3. The van der Waals surface area contributed by atoms with Crippen LogP contribution in [0.3, 0.4) is 0 Å². The maximum Gasteiger partial charge on any atom is 0.151 e. The average Bonchev–Trinajstić information content (AvgIpc) is 2.41. The number of aromatic nitrogens is 2. The molecule has 0 aliphatic rings. The van der Waals surface area contributed by atoms with Gasteiger partial charge in [0.05, 0.1) is 11.6 Å². The van der Waals surface area contributed by atoms with Gasteiger partial charge in [0.25, 0.3) is 0 Å². The van der Waals surface area contributed by atoms with Crippen LogP contribution in [0.25, 0.3) is 0 Å². The number of nitrogens with zero attached hydrogens (tertiary/aromatic N) is 3. The number of anilines is 1. The third kappa shape index (κ3) is 2.99. The Morgan fingerprint density at radius 2 is 1.89 bits per heavy atom. The zero-order valence-electron chi connectivity index (χ0n) is 10.6. The van der Waals surface area contributed by atoms with Crippen LogP contribution < -0.4 is 4.90 Å². The lowest BCUT2D eigenvalue weighted by Crippen LogP contribution is -2.18. The fraction of sp³-hybridized carbons (Fsp3) is 0.286. The van der Waals surface area contributed by atoms with E-state index < -0.39 is 0 Å². The van der Waals surface area contributed by atoms with E-state index in [0.717, 1.165) is 18.1 Å². The zero-order chi connectivity index (χ0) is 13.0. The predicted octanol–water partition coefficient (Wildman–Crippen LogP) is 3.16. The summed E-state index contributed by atoms with van der Waals surface area (Å²) in [5, 5.41) is 8.23. The van der Waals surface area contributed by atoms with E-state index in [9.17, 15) is 0 Å². The van der Waals surface area contributed by atoms with Crippen molar-refractivity contribution in [1.82, 2.24) is 10.2 Å². The van der Waals surface area contributed by atoms with Crippen LogP contribution >= 0.6 is 11.6 Å². The molecule has 1 aromatic heterocycles. The Morgan fingerprint density at radius 1 is 1.11 bits per heavy atom. The molecule has 0 spiro atoms. The van der Waals surface area contributed by atoms with Crippen LogP contribution in [0, 0.1) is 6.92 Å². The Hall–Kier alpha value is -1.61. The summed E-state index contributed by atoms with van der Waals surface area (Å²) in [4.78, 5) is 2.08. The van der Waals surface area contributed by atoms with E-state index in [1.807, 2.05) is 25.2 Å². The molecule has 1 heterocycles. The highest BCUT2D eigenvalue weighted by atomic mass is 35.5. The Kier molecular flexibility index (Phi) is 4.15. The van der Waals surface area contributed by atoms with Crippen LogP contribution in [-0.2, 0) is 12.4 Å². The van der Waals surface area contributed by atoms with Gasteiger partial charge in [-0.1, -0.05) is 24.3 Å². The molecule has 2 rings (SSSR count). The van der Waals surface area contributed by atoms with E-state index >= 15 is 0 Å². The summed E-state index contributed by atoms with van der Waals surface area (Å²) in [5.74, 6) is 1.25. The highest BCUT2D eigenvalue weighted by Gasteiger charge is 2.06. The second-order valence-electron chi connectivity index (χ2n) is 4.30. The van der Waals surface area contributed by atoms with Gasteiger partial charge in [-0.3, -0.25) is 0 Å². The van der Waals surface area contributed by atoms with E-state index in [0.29, 0.717) is 5.88 Å². The number of hydrogen-bond donors (Lipinski definition) is 0. The van der Waals surface area contributed by atoms with Crippen molar-refractivity contribution in [2.45, 2.75) is 19.3 Å². The van der Waals surface area contributed by atoms with E-state index in [1.54, 1.807) is 0 Å². The minimum atomic E-state index is 0.398. The topological polar surface area (TPSA) is 29.0 Å². The molecule has 0 saturated heterocycles. The minimum absolute atomic E-state index is 0.398. The third-order valence-corrected chi connectivity index (χ3v) is 3.18. The van der Waals surface area contributed by atoms with Crippen molar-refractivity contribution in [3.8, 4) is 0 Å². The van der Waals surface area contributed by atoms with Crippen molar-refractivity contribution in [2.75, 3.05) is 11.9 Å². The Bertz CT molecular complexity index is 511. The van der Waals surface area contributed by atoms with Gasteiger partial charge in [0.15, 0.2) is 5.82 Å². The second kappa shape index (κ2) is 5.83. The molecule has 18 heavy (non-hydrogen) atoms. The zero-order valence-corrected chi connectivity index (χ0v) is 11.4. The number of hydrogen-bond acceptors (Lipinski definition) is 3. The minimum Gasteiger partial charge on any atom is -0.354 e. The van der Waals surface area contributed by atoms with Crippen molar-refractivity contribution in [2.24, 2.45) is 0 Å². The molecular weight excluding hydrogens is 246 g/mol. The quantitative estimate of drug-likeness (QED) is 0.792. The maximum atomic E-state index is 5.69. The molecule has 0 amide bonds. The van der Waals surface area contributed by atoms with Gasteiger partial charge in [0, 0.05) is 13.6 Å². The smallest absolute Gasteiger partial charge is 0.151 e. The summed E-state index contributed by atoms with van der Waals surface area (Å²) in [6.07, 6.45) is 0. The molecule has 0 fully saturated rings. The van der Waals surface area contributed by atoms with E-state index in [2.05, 4.69) is 40.2 Å². The molecule has 0 bridgehead atoms. The van der Waals surface area contributed by atoms with Crippen LogP contribution in [0.4, 0.5) is 5.82 Å². The normalized spacial score (nSPS) is 10.4. The first-order valence-corrected chi connectivity index (χ1v) is 6.38. The SMILES string of the molecule is Cc1ccccc1CN(C)c1ccc(CCl)nn1. The molecule has 3 nitrogen and oxygen atoms in total. The summed E-state index contributed by atoms with van der Waals surface area (Å²) in [6, 6.07) is 12.2. The summed E-state index contributed by atoms with van der Waals surface area (Å²) in [7, 11) is 2.01. The molecule has 0 atom stereocenters. The summed E-state index contributed by atoms with van der Waals surface area (Å²) < 4.78 is 0. The van der Waals surface area contributed by atoms with Gasteiger partial charge >= 0.3 is 0 Å². The molecule has 4 heteroatoms. The van der Waals surface area contributed by atoms with Gasteiger partial charge in [-0.05, 0) is 30.2 Å². The monoisotopic (exact) mass is 261 g/mol. The molecule has 1 aromatic carbocycles. The number of halogens is 1. The predicted molar refractivity (Wildman–Crippen MR) is 74.9 cm³/mol. The molecule has 94 valence electrons. The lowest BCUT2D eigenvalue weighted by Gasteiger charge is -2.18. The molecule has 0 radical (unpaired) electrons. The first-order valence-electron chi connectivity index (χ1n) is 5.85. The molecule has 0 saturated carbocycles. The van der Waals surface area contributed by atoms with Gasteiger partial charge in [-0.25, -0.2) is 0 Å². The molecule has 0 aliphatic carbocycles.